The zero-order chi connectivity index (χ0) is 28.5. The Labute approximate surface area is 244 Å². The number of aliphatic hydroxyl groups is 2. The van der Waals surface area contributed by atoms with Crippen molar-refractivity contribution in [1.82, 2.24) is 0 Å². The van der Waals surface area contributed by atoms with Gasteiger partial charge in [-0.1, -0.05) is 97.1 Å². The number of rotatable bonds is 8. The highest BCUT2D eigenvalue weighted by molar-refractivity contribution is 6.25. The van der Waals surface area contributed by atoms with Crippen LogP contribution in [0.3, 0.4) is 0 Å². The van der Waals surface area contributed by atoms with E-state index in [4.69, 9.17) is 9.47 Å². The van der Waals surface area contributed by atoms with Gasteiger partial charge in [-0.25, -0.2) is 0 Å². The molecule has 0 aromatic heterocycles. The van der Waals surface area contributed by atoms with Crippen LogP contribution < -0.4 is 9.47 Å². The van der Waals surface area contributed by atoms with Crippen LogP contribution in [0.4, 0.5) is 0 Å². The molecule has 0 saturated carbocycles. The van der Waals surface area contributed by atoms with Crippen LogP contribution in [0.2, 0.25) is 0 Å². The topological polar surface area (TPSA) is 58.9 Å². The van der Waals surface area contributed by atoms with Gasteiger partial charge in [0, 0.05) is 0 Å². The third kappa shape index (κ3) is 4.51. The first-order valence-electron chi connectivity index (χ1n) is 14.2. The lowest BCUT2D eigenvalue weighted by Crippen LogP contribution is -2.01. The number of benzene rings is 7. The van der Waals surface area contributed by atoms with Crippen LogP contribution in [-0.2, 0) is 0 Å². The molecule has 7 aromatic rings. The minimum absolute atomic E-state index is 0.0232. The highest BCUT2D eigenvalue weighted by Gasteiger charge is 2.20. The molecule has 0 spiro atoms. The van der Waals surface area contributed by atoms with Gasteiger partial charge in [0.2, 0.25) is 0 Å². The standard InChI is InChI=1S/C38H30O4/c39-19-21-41-27-15-17-29-25(23-27)7-5-13-33(29)37-35-11-3-1-9-31(35)32-10-2-4-12-36(32)38(37)34-14-6-8-26-24-28(42-22-20-40)16-18-30(26)34/h1-18,23-24,39-40H,19-22H2. The van der Waals surface area contributed by atoms with Crippen molar-refractivity contribution in [1.29, 1.82) is 0 Å². The molecule has 0 radical (unpaired) electrons. The van der Waals surface area contributed by atoms with Crippen molar-refractivity contribution in [3.05, 3.63) is 121 Å². The molecule has 0 fully saturated rings. The van der Waals surface area contributed by atoms with E-state index in [-0.39, 0.29) is 26.4 Å². The molecule has 4 heteroatoms. The summed E-state index contributed by atoms with van der Waals surface area (Å²) in [6.45, 7) is 0.478. The number of fused-ring (bicyclic) bond motifs is 5. The maximum Gasteiger partial charge on any atom is 0.120 e. The summed E-state index contributed by atoms with van der Waals surface area (Å²) in [6.07, 6.45) is 0. The average molecular weight is 551 g/mol. The highest BCUT2D eigenvalue weighted by Crippen LogP contribution is 2.48. The van der Waals surface area contributed by atoms with Crippen molar-refractivity contribution in [3.63, 3.8) is 0 Å². The Bertz CT molecular complexity index is 1930. The second kappa shape index (κ2) is 11.2. The lowest BCUT2D eigenvalue weighted by molar-refractivity contribution is 0.201. The summed E-state index contributed by atoms with van der Waals surface area (Å²) in [6, 6.07) is 42.5. The lowest BCUT2D eigenvalue weighted by atomic mass is 9.82. The maximum atomic E-state index is 9.25. The molecule has 0 bridgehead atoms. The van der Waals surface area contributed by atoms with Gasteiger partial charge < -0.3 is 19.7 Å². The van der Waals surface area contributed by atoms with Gasteiger partial charge in [0.1, 0.15) is 24.7 Å². The Kier molecular flexibility index (Phi) is 6.92. The van der Waals surface area contributed by atoms with Gasteiger partial charge in [0.05, 0.1) is 13.2 Å². The van der Waals surface area contributed by atoms with Gasteiger partial charge in [0.15, 0.2) is 0 Å². The fourth-order valence-electron chi connectivity index (χ4n) is 6.17. The Balaban J connectivity index is 1.58. The second-order valence-corrected chi connectivity index (χ2v) is 10.4. The first kappa shape index (κ1) is 26.0. The van der Waals surface area contributed by atoms with Crippen LogP contribution >= 0.6 is 0 Å². The fraction of sp³-hybridized carbons (Fsp3) is 0.105. The zero-order valence-electron chi connectivity index (χ0n) is 23.1. The SMILES string of the molecule is OCCOc1ccc2c(-c3c(-c4cccc5cc(OCCO)ccc45)c4ccccc4c4ccccc34)cccc2c1. The van der Waals surface area contributed by atoms with Gasteiger partial charge in [0.25, 0.3) is 0 Å². The molecule has 7 rings (SSSR count). The predicted octanol–water partition coefficient (Wildman–Crippen LogP) is 8.38. The lowest BCUT2D eigenvalue weighted by Gasteiger charge is -2.21. The van der Waals surface area contributed by atoms with Crippen LogP contribution in [0.15, 0.2) is 121 Å². The molecule has 4 nitrogen and oxygen atoms in total. The van der Waals surface area contributed by atoms with Crippen molar-refractivity contribution in [2.75, 3.05) is 26.4 Å². The van der Waals surface area contributed by atoms with Crippen LogP contribution in [-0.4, -0.2) is 36.6 Å². The molecular weight excluding hydrogens is 520 g/mol. The molecular formula is C38H30O4. The minimum atomic E-state index is -0.0232. The van der Waals surface area contributed by atoms with Gasteiger partial charge in [-0.2, -0.15) is 0 Å². The van der Waals surface area contributed by atoms with Crippen molar-refractivity contribution >= 4 is 43.1 Å². The molecule has 0 heterocycles. The van der Waals surface area contributed by atoms with Gasteiger partial charge >= 0.3 is 0 Å². The normalized spacial score (nSPS) is 11.5. The summed E-state index contributed by atoms with van der Waals surface area (Å²) in [5.41, 5.74) is 4.68. The molecule has 2 N–H and O–H groups in total. The number of hydrogen-bond donors (Lipinski definition) is 2. The summed E-state index contributed by atoms with van der Waals surface area (Å²) < 4.78 is 11.5. The fourth-order valence-corrected chi connectivity index (χ4v) is 6.17. The van der Waals surface area contributed by atoms with Gasteiger partial charge in [-0.05, 0) is 89.6 Å². The summed E-state index contributed by atoms with van der Waals surface area (Å²) in [5.74, 6) is 1.48. The van der Waals surface area contributed by atoms with Crippen LogP contribution in [0.1, 0.15) is 0 Å². The van der Waals surface area contributed by atoms with Crippen molar-refractivity contribution in [2.24, 2.45) is 0 Å². The van der Waals surface area contributed by atoms with Gasteiger partial charge in [-0.15, -0.1) is 0 Å². The summed E-state index contributed by atoms with van der Waals surface area (Å²) >= 11 is 0. The number of hydrogen-bond acceptors (Lipinski definition) is 4. The van der Waals surface area contributed by atoms with E-state index in [1.54, 1.807) is 0 Å². The van der Waals surface area contributed by atoms with Gasteiger partial charge in [-0.3, -0.25) is 0 Å². The Morgan fingerprint density at radius 2 is 0.833 bits per heavy atom. The highest BCUT2D eigenvalue weighted by atomic mass is 16.5. The molecule has 0 aliphatic heterocycles. The molecule has 42 heavy (non-hydrogen) atoms. The summed E-state index contributed by atoms with van der Waals surface area (Å²) in [4.78, 5) is 0. The molecule has 206 valence electrons. The van der Waals surface area contributed by atoms with Crippen LogP contribution in [0.25, 0.3) is 65.3 Å². The third-order valence-electron chi connectivity index (χ3n) is 7.90. The number of ether oxygens (including phenoxy) is 2. The van der Waals surface area contributed by atoms with E-state index in [0.717, 1.165) is 44.2 Å². The molecule has 0 unspecified atom stereocenters. The van der Waals surface area contributed by atoms with E-state index in [1.165, 1.54) is 32.7 Å². The summed E-state index contributed by atoms with van der Waals surface area (Å²) in [5, 5.41) is 27.7. The third-order valence-corrected chi connectivity index (χ3v) is 7.90. The second-order valence-electron chi connectivity index (χ2n) is 10.4. The Morgan fingerprint density at radius 1 is 0.405 bits per heavy atom. The zero-order valence-corrected chi connectivity index (χ0v) is 23.1. The van der Waals surface area contributed by atoms with E-state index in [2.05, 4.69) is 97.1 Å². The van der Waals surface area contributed by atoms with Crippen molar-refractivity contribution in [2.45, 2.75) is 0 Å². The summed E-state index contributed by atoms with van der Waals surface area (Å²) in [7, 11) is 0. The molecule has 0 amide bonds. The largest absolute Gasteiger partial charge is 0.491 e. The smallest absolute Gasteiger partial charge is 0.120 e. The monoisotopic (exact) mass is 550 g/mol. The maximum absolute atomic E-state index is 9.25. The Morgan fingerprint density at radius 3 is 1.26 bits per heavy atom. The first-order chi connectivity index (χ1) is 20.8. The van der Waals surface area contributed by atoms with Crippen molar-refractivity contribution in [3.8, 4) is 33.8 Å². The van der Waals surface area contributed by atoms with Crippen LogP contribution in [0, 0.1) is 0 Å². The van der Waals surface area contributed by atoms with E-state index in [1.807, 2.05) is 24.3 Å². The van der Waals surface area contributed by atoms with Crippen molar-refractivity contribution < 1.29 is 19.7 Å². The first-order valence-corrected chi connectivity index (χ1v) is 14.2. The van der Waals surface area contributed by atoms with E-state index in [0.29, 0.717) is 0 Å². The molecule has 0 aliphatic rings. The quantitative estimate of drug-likeness (QED) is 0.187. The average Bonchev–Trinajstić information content (AvgIpc) is 3.05. The van der Waals surface area contributed by atoms with E-state index in [9.17, 15) is 10.2 Å². The van der Waals surface area contributed by atoms with E-state index < -0.39 is 0 Å². The molecule has 0 atom stereocenters. The molecule has 0 aliphatic carbocycles. The van der Waals surface area contributed by atoms with Crippen LogP contribution in [0.5, 0.6) is 11.5 Å². The van der Waals surface area contributed by atoms with E-state index >= 15 is 0 Å². The Hall–Kier alpha value is -4.90. The number of aliphatic hydroxyl groups excluding tert-OH is 2. The molecule has 0 saturated heterocycles. The minimum Gasteiger partial charge on any atom is -0.491 e. The molecule has 7 aromatic carbocycles. The predicted molar refractivity (Wildman–Crippen MR) is 172 cm³/mol.